The monoisotopic (exact) mass is 499 g/mol. The molecule has 7 heteroatoms. The largest absolute Gasteiger partial charge is 0.507 e. The van der Waals surface area contributed by atoms with Crippen molar-refractivity contribution < 1.29 is 28.9 Å². The summed E-state index contributed by atoms with van der Waals surface area (Å²) in [5.74, 6) is 0.259. The number of hydrogen-bond acceptors (Lipinski definition) is 6. The van der Waals surface area contributed by atoms with E-state index in [9.17, 15) is 14.7 Å². The van der Waals surface area contributed by atoms with E-state index in [1.807, 2.05) is 49.4 Å². The van der Waals surface area contributed by atoms with Crippen LogP contribution in [-0.4, -0.2) is 36.6 Å². The van der Waals surface area contributed by atoms with Crippen molar-refractivity contribution in [2.45, 2.75) is 26.8 Å². The zero-order valence-corrected chi connectivity index (χ0v) is 21.1. The molecule has 0 spiro atoms. The summed E-state index contributed by atoms with van der Waals surface area (Å²) in [6, 6.07) is 18.8. The van der Waals surface area contributed by atoms with E-state index in [0.717, 1.165) is 5.56 Å². The van der Waals surface area contributed by atoms with Crippen molar-refractivity contribution in [2.75, 3.05) is 24.7 Å². The number of ether oxygens (including phenoxy) is 3. The van der Waals surface area contributed by atoms with Gasteiger partial charge >= 0.3 is 0 Å². The molecular weight excluding hydrogens is 470 g/mol. The number of amides is 1. The third kappa shape index (κ3) is 4.77. The van der Waals surface area contributed by atoms with Crippen molar-refractivity contribution in [1.82, 2.24) is 0 Å². The number of nitrogens with zero attached hydrogens (tertiary/aromatic N) is 1. The average molecular weight is 500 g/mol. The highest BCUT2D eigenvalue weighted by Crippen LogP contribution is 2.44. The Morgan fingerprint density at radius 1 is 1.00 bits per heavy atom. The molecule has 1 fully saturated rings. The van der Waals surface area contributed by atoms with Crippen LogP contribution in [0.1, 0.15) is 36.6 Å². The predicted molar refractivity (Wildman–Crippen MR) is 140 cm³/mol. The fourth-order valence-electron chi connectivity index (χ4n) is 4.58. The van der Waals surface area contributed by atoms with Crippen LogP contribution in [0.2, 0.25) is 0 Å². The first-order valence-corrected chi connectivity index (χ1v) is 12.3. The van der Waals surface area contributed by atoms with Crippen molar-refractivity contribution in [3.63, 3.8) is 0 Å². The number of Topliss-reactive ketones (excluding diaryl/α,β-unsaturated/α-hetero) is 1. The number of benzene rings is 3. The van der Waals surface area contributed by atoms with Crippen molar-refractivity contribution in [1.29, 1.82) is 0 Å². The normalized spacial score (nSPS) is 18.4. The Kier molecular flexibility index (Phi) is 6.61. The molecule has 190 valence electrons. The maximum Gasteiger partial charge on any atom is 0.300 e. The minimum atomic E-state index is -0.849. The van der Waals surface area contributed by atoms with Gasteiger partial charge in [-0.1, -0.05) is 38.1 Å². The van der Waals surface area contributed by atoms with Gasteiger partial charge in [-0.25, -0.2) is 0 Å². The second kappa shape index (κ2) is 10.0. The topological polar surface area (TPSA) is 85.3 Å². The third-order valence-electron chi connectivity index (χ3n) is 6.30. The van der Waals surface area contributed by atoms with Crippen LogP contribution in [0.25, 0.3) is 5.76 Å². The van der Waals surface area contributed by atoms with E-state index in [4.69, 9.17) is 14.2 Å². The van der Waals surface area contributed by atoms with Crippen LogP contribution in [0.15, 0.2) is 72.3 Å². The first kappa shape index (κ1) is 24.4. The van der Waals surface area contributed by atoms with Gasteiger partial charge in [-0.05, 0) is 66.4 Å². The molecule has 0 bridgehead atoms. The maximum atomic E-state index is 13.5. The Labute approximate surface area is 215 Å². The van der Waals surface area contributed by atoms with E-state index >= 15 is 0 Å². The maximum absolute atomic E-state index is 13.5. The Morgan fingerprint density at radius 2 is 1.76 bits per heavy atom. The highest BCUT2D eigenvalue weighted by Gasteiger charge is 2.47. The number of anilines is 1. The Bertz CT molecular complexity index is 1390. The molecule has 1 amide bonds. The number of carbonyl (C=O) groups excluding carboxylic acids is 2. The molecule has 0 aliphatic carbocycles. The van der Waals surface area contributed by atoms with Crippen LogP contribution in [0.3, 0.4) is 0 Å². The number of ketones is 1. The predicted octanol–water partition coefficient (Wildman–Crippen LogP) is 5.43. The lowest BCUT2D eigenvalue weighted by Gasteiger charge is -2.26. The van der Waals surface area contributed by atoms with Crippen molar-refractivity contribution in [2.24, 2.45) is 5.92 Å². The highest BCUT2D eigenvalue weighted by atomic mass is 16.6. The summed E-state index contributed by atoms with van der Waals surface area (Å²) in [5.41, 5.74) is 2.54. The van der Waals surface area contributed by atoms with Gasteiger partial charge in [-0.2, -0.15) is 0 Å². The Hall–Kier alpha value is -4.26. The smallest absolute Gasteiger partial charge is 0.300 e. The Morgan fingerprint density at radius 3 is 2.51 bits per heavy atom. The molecule has 5 rings (SSSR count). The molecule has 7 nitrogen and oxygen atoms in total. The lowest BCUT2D eigenvalue weighted by molar-refractivity contribution is -0.132. The summed E-state index contributed by atoms with van der Waals surface area (Å²) in [5, 5.41) is 11.5. The van der Waals surface area contributed by atoms with Gasteiger partial charge in [0.25, 0.3) is 11.7 Å². The summed E-state index contributed by atoms with van der Waals surface area (Å²) in [7, 11) is 0. The standard InChI is InChI=1S/C30H29NO6/c1-18(2)17-37-23-9-5-7-20(15-23)27-26(28(32)21-10-11-24-25(16-21)36-13-12-35-24)29(33)30(34)31(27)22-8-4-6-19(3)14-22/h4-11,14-16,18,27,32H,12-13,17H2,1-3H3/b28-26-. The molecule has 1 N–H and O–H groups in total. The molecule has 1 atom stereocenters. The van der Waals surface area contributed by atoms with Crippen LogP contribution in [0.5, 0.6) is 17.2 Å². The first-order chi connectivity index (χ1) is 17.8. The molecule has 2 aliphatic heterocycles. The van der Waals surface area contributed by atoms with Crippen LogP contribution in [-0.2, 0) is 9.59 Å². The van der Waals surface area contributed by atoms with E-state index in [0.29, 0.717) is 59.8 Å². The molecule has 3 aromatic carbocycles. The lowest BCUT2D eigenvalue weighted by atomic mass is 9.94. The second-order valence-corrected chi connectivity index (χ2v) is 9.64. The molecule has 0 saturated carbocycles. The molecule has 1 saturated heterocycles. The van der Waals surface area contributed by atoms with Crippen molar-refractivity contribution >= 4 is 23.1 Å². The van der Waals surface area contributed by atoms with Gasteiger partial charge < -0.3 is 19.3 Å². The summed E-state index contributed by atoms with van der Waals surface area (Å²) in [6.45, 7) is 7.39. The van der Waals surface area contributed by atoms with E-state index in [2.05, 4.69) is 13.8 Å². The quantitative estimate of drug-likeness (QED) is 0.277. The summed E-state index contributed by atoms with van der Waals surface area (Å²) in [4.78, 5) is 28.3. The van der Waals surface area contributed by atoms with Gasteiger partial charge in [0.1, 0.15) is 24.7 Å². The fraction of sp³-hybridized carbons (Fsp3) is 0.267. The van der Waals surface area contributed by atoms with Crippen molar-refractivity contribution in [3.8, 4) is 17.2 Å². The zero-order chi connectivity index (χ0) is 26.1. The van der Waals surface area contributed by atoms with E-state index < -0.39 is 17.7 Å². The molecular formula is C30H29NO6. The van der Waals surface area contributed by atoms with Gasteiger partial charge in [0.15, 0.2) is 11.5 Å². The summed E-state index contributed by atoms with van der Waals surface area (Å²) < 4.78 is 17.2. The molecule has 37 heavy (non-hydrogen) atoms. The lowest BCUT2D eigenvalue weighted by Crippen LogP contribution is -2.29. The number of aliphatic hydroxyl groups excluding tert-OH is 1. The Balaban J connectivity index is 1.66. The fourth-order valence-corrected chi connectivity index (χ4v) is 4.58. The molecule has 2 heterocycles. The van der Waals surface area contributed by atoms with Crippen LogP contribution >= 0.6 is 0 Å². The number of aryl methyl sites for hydroxylation is 1. The van der Waals surface area contributed by atoms with Gasteiger partial charge in [0.05, 0.1) is 18.2 Å². The van der Waals surface area contributed by atoms with Gasteiger partial charge in [-0.15, -0.1) is 0 Å². The van der Waals surface area contributed by atoms with Crippen LogP contribution < -0.4 is 19.1 Å². The van der Waals surface area contributed by atoms with Gasteiger partial charge in [0.2, 0.25) is 0 Å². The number of rotatable bonds is 6. The second-order valence-electron chi connectivity index (χ2n) is 9.64. The number of fused-ring (bicyclic) bond motifs is 1. The number of aliphatic hydroxyl groups is 1. The molecule has 0 aromatic heterocycles. The molecule has 0 radical (unpaired) electrons. The molecule has 2 aliphatic rings. The zero-order valence-electron chi connectivity index (χ0n) is 21.1. The first-order valence-electron chi connectivity index (χ1n) is 12.3. The number of carbonyl (C=O) groups is 2. The van der Waals surface area contributed by atoms with Gasteiger partial charge in [0, 0.05) is 11.3 Å². The van der Waals surface area contributed by atoms with Gasteiger partial charge in [-0.3, -0.25) is 14.5 Å². The average Bonchev–Trinajstić information content (AvgIpc) is 3.17. The minimum absolute atomic E-state index is 0.00388. The van der Waals surface area contributed by atoms with E-state index in [1.54, 1.807) is 24.3 Å². The summed E-state index contributed by atoms with van der Waals surface area (Å²) in [6.07, 6.45) is 0. The molecule has 3 aromatic rings. The van der Waals surface area contributed by atoms with Crippen LogP contribution in [0.4, 0.5) is 5.69 Å². The minimum Gasteiger partial charge on any atom is -0.507 e. The summed E-state index contributed by atoms with van der Waals surface area (Å²) >= 11 is 0. The third-order valence-corrected chi connectivity index (χ3v) is 6.30. The molecule has 1 unspecified atom stereocenters. The van der Waals surface area contributed by atoms with E-state index in [-0.39, 0.29) is 11.3 Å². The highest BCUT2D eigenvalue weighted by molar-refractivity contribution is 6.51. The number of hydrogen-bond donors (Lipinski definition) is 1. The van der Waals surface area contributed by atoms with Crippen molar-refractivity contribution in [3.05, 3.63) is 89.0 Å². The van der Waals surface area contributed by atoms with E-state index in [1.165, 1.54) is 4.90 Å². The SMILES string of the molecule is Cc1cccc(N2C(=O)C(=O)/C(=C(\O)c3ccc4c(c3)OCCO4)C2c2cccc(OCC(C)C)c2)c1. The van der Waals surface area contributed by atoms with Crippen LogP contribution in [0, 0.1) is 12.8 Å².